The Morgan fingerprint density at radius 1 is 1.02 bits per heavy atom. The summed E-state index contributed by atoms with van der Waals surface area (Å²) in [5, 5.41) is 6.27. The van der Waals surface area contributed by atoms with Gasteiger partial charge < -0.3 is 15.5 Å². The van der Waals surface area contributed by atoms with Gasteiger partial charge in [-0.25, -0.2) is 13.2 Å². The number of rotatable bonds is 7. The van der Waals surface area contributed by atoms with E-state index in [2.05, 4.69) is 22.8 Å². The number of nitrogens with one attached hydrogen (secondary N) is 2. The molecule has 2 amide bonds. The van der Waals surface area contributed by atoms with Crippen LogP contribution in [0.3, 0.4) is 0 Å². The summed E-state index contributed by atoms with van der Waals surface area (Å²) < 4.78 is 42.7. The number of halogens is 3. The lowest BCUT2D eigenvalue weighted by atomic mass is 9.83. The van der Waals surface area contributed by atoms with Gasteiger partial charge in [0.2, 0.25) is 5.91 Å². The molecule has 0 spiro atoms. The standard InChI is InChI=1S/C33H34F3N3O2/c1-21-8-5-14-28(34)29(21)32(41)39-19-7-13-27(31(40)38-26-12-6-9-23(20-26)33(2,35)36)30(39)22-15-17-25(18-16-22)37-24-10-3-4-11-24/h5,8-9,14-18,20,24,27,30,37H,3-4,7,10-11,13,19H2,1-2H3,(H,38,40). The van der Waals surface area contributed by atoms with E-state index in [4.69, 9.17) is 0 Å². The first-order valence-electron chi connectivity index (χ1n) is 14.2. The van der Waals surface area contributed by atoms with Gasteiger partial charge in [0.1, 0.15) is 5.82 Å². The second-order valence-electron chi connectivity index (χ2n) is 11.2. The molecule has 0 bridgehead atoms. The van der Waals surface area contributed by atoms with Gasteiger partial charge in [0.15, 0.2) is 0 Å². The first-order chi connectivity index (χ1) is 19.6. The molecular weight excluding hydrogens is 527 g/mol. The van der Waals surface area contributed by atoms with E-state index >= 15 is 0 Å². The third-order valence-corrected chi connectivity index (χ3v) is 8.14. The predicted molar refractivity (Wildman–Crippen MR) is 152 cm³/mol. The van der Waals surface area contributed by atoms with Crippen LogP contribution in [0.1, 0.15) is 78.5 Å². The van der Waals surface area contributed by atoms with Crippen molar-refractivity contribution in [3.63, 3.8) is 0 Å². The number of carbonyl (C=O) groups is 2. The summed E-state index contributed by atoms with van der Waals surface area (Å²) in [5.74, 6) is -5.32. The minimum atomic E-state index is -3.10. The molecule has 1 aliphatic carbocycles. The molecule has 2 aliphatic rings. The lowest BCUT2D eigenvalue weighted by Crippen LogP contribution is -2.46. The van der Waals surface area contributed by atoms with E-state index < -0.39 is 35.5 Å². The minimum Gasteiger partial charge on any atom is -0.382 e. The van der Waals surface area contributed by atoms with Crippen LogP contribution in [0.25, 0.3) is 0 Å². The maximum atomic E-state index is 14.9. The molecule has 5 nitrogen and oxygen atoms in total. The van der Waals surface area contributed by atoms with Crippen LogP contribution in [-0.2, 0) is 10.7 Å². The number of nitrogens with zero attached hydrogens (tertiary/aromatic N) is 1. The molecule has 8 heteroatoms. The number of alkyl halides is 2. The molecule has 2 N–H and O–H groups in total. The number of hydrogen-bond acceptors (Lipinski definition) is 3. The highest BCUT2D eigenvalue weighted by atomic mass is 19.3. The first-order valence-corrected chi connectivity index (χ1v) is 14.2. The summed E-state index contributed by atoms with van der Waals surface area (Å²) in [6.07, 6.45) is 5.64. The lowest BCUT2D eigenvalue weighted by molar-refractivity contribution is -0.123. The van der Waals surface area contributed by atoms with Crippen LogP contribution in [0.15, 0.2) is 54.6 Å². The van der Waals surface area contributed by atoms with E-state index in [1.807, 2.05) is 24.3 Å². The van der Waals surface area contributed by atoms with E-state index in [1.54, 1.807) is 24.0 Å². The molecule has 214 valence electrons. The molecule has 41 heavy (non-hydrogen) atoms. The Kier molecular flexibility index (Phi) is 8.25. The van der Waals surface area contributed by atoms with Crippen LogP contribution in [0.2, 0.25) is 0 Å². The quantitative estimate of drug-likeness (QED) is 0.315. The third-order valence-electron chi connectivity index (χ3n) is 8.14. The first kappa shape index (κ1) is 28.5. The molecule has 0 radical (unpaired) electrons. The lowest BCUT2D eigenvalue weighted by Gasteiger charge is -2.41. The summed E-state index contributed by atoms with van der Waals surface area (Å²) in [5.41, 5.74) is 2.00. The van der Waals surface area contributed by atoms with Gasteiger partial charge in [-0.3, -0.25) is 9.59 Å². The molecule has 1 saturated carbocycles. The molecule has 3 aromatic carbocycles. The third kappa shape index (κ3) is 6.35. The molecule has 2 fully saturated rings. The summed E-state index contributed by atoms with van der Waals surface area (Å²) >= 11 is 0. The summed E-state index contributed by atoms with van der Waals surface area (Å²) in [6.45, 7) is 2.81. The van der Waals surface area contributed by atoms with Crippen molar-refractivity contribution in [1.82, 2.24) is 4.90 Å². The van der Waals surface area contributed by atoms with Gasteiger partial charge in [0.05, 0.1) is 23.2 Å². The van der Waals surface area contributed by atoms with Crippen LogP contribution in [-0.4, -0.2) is 29.3 Å². The Morgan fingerprint density at radius 2 is 1.76 bits per heavy atom. The Labute approximate surface area is 239 Å². The van der Waals surface area contributed by atoms with Gasteiger partial charge >= 0.3 is 0 Å². The van der Waals surface area contributed by atoms with E-state index in [0.29, 0.717) is 31.0 Å². The second kappa shape index (κ2) is 11.9. The molecule has 1 saturated heterocycles. The van der Waals surface area contributed by atoms with Crippen LogP contribution in [0, 0.1) is 30.8 Å². The summed E-state index contributed by atoms with van der Waals surface area (Å²) in [4.78, 5) is 29.1. The van der Waals surface area contributed by atoms with E-state index in [0.717, 1.165) is 37.1 Å². The van der Waals surface area contributed by atoms with Crippen molar-refractivity contribution in [2.75, 3.05) is 17.2 Å². The van der Waals surface area contributed by atoms with Crippen LogP contribution < -0.4 is 10.6 Å². The maximum absolute atomic E-state index is 14.9. The Balaban J connectivity index is 1.47. The number of benzene rings is 2. The zero-order valence-corrected chi connectivity index (χ0v) is 23.3. The number of carbonyl (C=O) groups excluding carboxylic acids is 2. The van der Waals surface area contributed by atoms with Crippen molar-refractivity contribution in [3.8, 4) is 0 Å². The summed E-state index contributed by atoms with van der Waals surface area (Å²) in [6, 6.07) is 19.5. The Hall–Kier alpha value is -3.99. The summed E-state index contributed by atoms with van der Waals surface area (Å²) in [7, 11) is 0. The number of aryl methyl sites for hydroxylation is 1. The average Bonchev–Trinajstić information content (AvgIpc) is 3.46. The van der Waals surface area contributed by atoms with Crippen molar-refractivity contribution < 1.29 is 22.8 Å². The maximum Gasteiger partial charge on any atom is 0.271 e. The van der Waals surface area contributed by atoms with Gasteiger partial charge in [-0.1, -0.05) is 43.2 Å². The minimum absolute atomic E-state index is 0.0149. The zero-order chi connectivity index (χ0) is 29.1. The van der Waals surface area contributed by atoms with Crippen molar-refractivity contribution in [3.05, 3.63) is 94.8 Å². The van der Waals surface area contributed by atoms with Gasteiger partial charge in [-0.2, -0.15) is 0 Å². The van der Waals surface area contributed by atoms with Crippen LogP contribution >= 0.6 is 0 Å². The van der Waals surface area contributed by atoms with Gasteiger partial charge in [0, 0.05) is 30.8 Å². The fourth-order valence-electron chi connectivity index (χ4n) is 6.01. The monoisotopic (exact) mass is 561 g/mol. The molecule has 2 unspecified atom stereocenters. The highest BCUT2D eigenvalue weighted by Crippen LogP contribution is 2.39. The molecule has 2 atom stereocenters. The second-order valence-corrected chi connectivity index (χ2v) is 11.2. The normalized spacial score (nSPS) is 19.5. The van der Waals surface area contributed by atoms with Gasteiger partial charge in [-0.15, -0.1) is 0 Å². The highest BCUT2D eigenvalue weighted by Gasteiger charge is 2.40. The smallest absolute Gasteiger partial charge is 0.271 e. The Morgan fingerprint density at radius 3 is 2.44 bits per heavy atom. The number of hydrogen-bond donors (Lipinski definition) is 2. The molecule has 1 aliphatic heterocycles. The van der Waals surface area contributed by atoms with Crippen LogP contribution in [0.4, 0.5) is 24.5 Å². The van der Waals surface area contributed by atoms with E-state index in [-0.39, 0.29) is 16.8 Å². The van der Waals surface area contributed by atoms with Gasteiger partial charge in [-0.05, 0) is 80.1 Å². The molecule has 0 aromatic heterocycles. The fraction of sp³-hybridized carbons (Fsp3) is 0.394. The van der Waals surface area contributed by atoms with E-state index in [1.165, 1.54) is 25.0 Å². The molecule has 1 heterocycles. The van der Waals surface area contributed by atoms with Crippen molar-refractivity contribution in [2.45, 2.75) is 70.4 Å². The largest absolute Gasteiger partial charge is 0.382 e. The Bertz CT molecular complexity index is 1380. The molecular formula is C33H34F3N3O2. The average molecular weight is 562 g/mol. The predicted octanol–water partition coefficient (Wildman–Crippen LogP) is 7.43. The van der Waals surface area contributed by atoms with Crippen LogP contribution in [0.5, 0.6) is 0 Å². The van der Waals surface area contributed by atoms with Crippen molar-refractivity contribution in [2.24, 2.45) is 5.92 Å². The topological polar surface area (TPSA) is 61.4 Å². The number of likely N-dealkylation sites (tertiary alicyclic amines) is 1. The zero-order valence-electron chi connectivity index (χ0n) is 23.3. The molecule has 5 rings (SSSR count). The van der Waals surface area contributed by atoms with Gasteiger partial charge in [0.25, 0.3) is 11.8 Å². The van der Waals surface area contributed by atoms with Crippen molar-refractivity contribution in [1.29, 1.82) is 0 Å². The SMILES string of the molecule is Cc1cccc(F)c1C(=O)N1CCCC(C(=O)Nc2c#ccc(C(C)(F)F)c2)C1c1ccc(NC2CCCC2)cc1. The number of amides is 2. The number of piperidine rings is 1. The highest BCUT2D eigenvalue weighted by molar-refractivity contribution is 5.98. The molecule has 3 aromatic rings. The fourth-order valence-corrected chi connectivity index (χ4v) is 6.01. The van der Waals surface area contributed by atoms with E-state index in [9.17, 15) is 22.8 Å². The van der Waals surface area contributed by atoms with Crippen molar-refractivity contribution >= 4 is 23.2 Å². The number of anilines is 2.